The first kappa shape index (κ1) is 17.8. The van der Waals surface area contributed by atoms with Crippen molar-refractivity contribution in [2.45, 2.75) is 43.8 Å². The predicted octanol–water partition coefficient (Wildman–Crippen LogP) is -0.749. The number of rotatable bonds is 5. The van der Waals surface area contributed by atoms with Crippen LogP contribution < -0.4 is 5.32 Å². The number of hydroxylamine groups is 2. The van der Waals surface area contributed by atoms with Gasteiger partial charge < -0.3 is 10.2 Å². The minimum absolute atomic E-state index is 0.105. The Kier molecular flexibility index (Phi) is 4.79. The van der Waals surface area contributed by atoms with Crippen LogP contribution in [0.15, 0.2) is 5.29 Å². The summed E-state index contributed by atoms with van der Waals surface area (Å²) in [7, 11) is -4.81. The van der Waals surface area contributed by atoms with Crippen molar-refractivity contribution in [3.63, 3.8) is 0 Å². The van der Waals surface area contributed by atoms with Gasteiger partial charge >= 0.3 is 16.4 Å². The van der Waals surface area contributed by atoms with E-state index in [0.29, 0.717) is 43.8 Å². The number of amides is 3. The first-order valence-corrected chi connectivity index (χ1v) is 9.30. The molecular formula is C12H19N5O7S. The van der Waals surface area contributed by atoms with Crippen LogP contribution in [0.4, 0.5) is 4.79 Å². The zero-order chi connectivity index (χ0) is 18.2. The quantitative estimate of drug-likeness (QED) is 0.469. The monoisotopic (exact) mass is 377 g/mol. The Bertz CT molecular complexity index is 663. The SMILES string of the molecule is O=NN1CCC(NC(=O)[C@H]2CC[C@@H]3CN2C(=O)N3OS(=O)(=O)O)CC1. The summed E-state index contributed by atoms with van der Waals surface area (Å²) in [4.78, 5) is 36.5. The average Bonchev–Trinajstić information content (AvgIpc) is 2.79. The van der Waals surface area contributed by atoms with Crippen LogP contribution in [-0.4, -0.2) is 77.6 Å². The van der Waals surface area contributed by atoms with Crippen LogP contribution in [0.3, 0.4) is 0 Å². The lowest BCUT2D eigenvalue weighted by Crippen LogP contribution is -2.53. The first-order chi connectivity index (χ1) is 11.8. The molecular weight excluding hydrogens is 358 g/mol. The molecule has 3 aliphatic rings. The summed E-state index contributed by atoms with van der Waals surface area (Å²) in [5.41, 5.74) is 0. The summed E-state index contributed by atoms with van der Waals surface area (Å²) in [6, 6.07) is -2.12. The molecule has 3 amide bonds. The lowest BCUT2D eigenvalue weighted by atomic mass is 9.99. The third-order valence-electron chi connectivity index (χ3n) is 4.73. The summed E-state index contributed by atoms with van der Waals surface area (Å²) < 4.78 is 34.8. The predicted molar refractivity (Wildman–Crippen MR) is 81.9 cm³/mol. The average molecular weight is 377 g/mol. The Morgan fingerprint density at radius 3 is 2.52 bits per heavy atom. The van der Waals surface area contributed by atoms with E-state index in [0.717, 1.165) is 0 Å². The number of nitrogens with zero attached hydrogens (tertiary/aromatic N) is 4. The van der Waals surface area contributed by atoms with E-state index in [1.54, 1.807) is 0 Å². The van der Waals surface area contributed by atoms with Gasteiger partial charge in [-0.3, -0.25) is 14.4 Å². The van der Waals surface area contributed by atoms with E-state index in [4.69, 9.17) is 4.55 Å². The number of carbonyl (C=O) groups is 2. The number of nitroso groups, excluding NO2 is 1. The fraction of sp³-hybridized carbons (Fsp3) is 0.833. The molecule has 0 radical (unpaired) electrons. The number of hydrogen-bond acceptors (Lipinski definition) is 7. The van der Waals surface area contributed by atoms with Crippen LogP contribution in [0.2, 0.25) is 0 Å². The van der Waals surface area contributed by atoms with Crippen molar-refractivity contribution in [1.29, 1.82) is 0 Å². The molecule has 2 bridgehead atoms. The Labute approximate surface area is 143 Å². The van der Waals surface area contributed by atoms with Crippen molar-refractivity contribution >= 4 is 22.3 Å². The fourth-order valence-electron chi connectivity index (χ4n) is 3.49. The molecule has 0 aromatic carbocycles. The molecule has 3 saturated heterocycles. The van der Waals surface area contributed by atoms with Crippen molar-refractivity contribution in [2.24, 2.45) is 5.29 Å². The number of hydrogen-bond donors (Lipinski definition) is 2. The number of nitrogens with one attached hydrogen (secondary N) is 1. The van der Waals surface area contributed by atoms with Crippen molar-refractivity contribution in [3.05, 3.63) is 4.91 Å². The molecule has 0 aromatic heterocycles. The molecule has 3 aliphatic heterocycles. The third-order valence-corrected chi connectivity index (χ3v) is 5.08. The van der Waals surface area contributed by atoms with Crippen molar-refractivity contribution in [3.8, 4) is 0 Å². The van der Waals surface area contributed by atoms with Crippen LogP contribution in [0.5, 0.6) is 0 Å². The maximum Gasteiger partial charge on any atom is 0.418 e. The molecule has 2 atom stereocenters. The maximum absolute atomic E-state index is 12.5. The van der Waals surface area contributed by atoms with E-state index in [9.17, 15) is 22.9 Å². The largest absolute Gasteiger partial charge is 0.418 e. The van der Waals surface area contributed by atoms with E-state index in [2.05, 4.69) is 14.9 Å². The smallest absolute Gasteiger partial charge is 0.351 e. The van der Waals surface area contributed by atoms with Crippen LogP contribution in [0.25, 0.3) is 0 Å². The number of piperidine rings is 2. The fourth-order valence-corrected chi connectivity index (χ4v) is 3.88. The summed E-state index contributed by atoms with van der Waals surface area (Å²) in [6.45, 7) is 1.07. The highest BCUT2D eigenvalue weighted by Crippen LogP contribution is 2.30. The van der Waals surface area contributed by atoms with E-state index >= 15 is 0 Å². The van der Waals surface area contributed by atoms with E-state index in [-0.39, 0.29) is 18.5 Å². The lowest BCUT2D eigenvalue weighted by Gasteiger charge is -2.33. The van der Waals surface area contributed by atoms with Gasteiger partial charge in [0.1, 0.15) is 6.04 Å². The Balaban J connectivity index is 1.60. The van der Waals surface area contributed by atoms with Gasteiger partial charge in [-0.05, 0) is 25.7 Å². The molecule has 2 N–H and O–H groups in total. The molecule has 13 heteroatoms. The zero-order valence-corrected chi connectivity index (χ0v) is 14.1. The second kappa shape index (κ2) is 6.72. The minimum Gasteiger partial charge on any atom is -0.351 e. The van der Waals surface area contributed by atoms with Crippen molar-refractivity contribution < 1.29 is 26.8 Å². The second-order valence-corrected chi connectivity index (χ2v) is 7.33. The van der Waals surface area contributed by atoms with E-state index in [1.165, 1.54) is 9.91 Å². The molecule has 0 spiro atoms. The first-order valence-electron chi connectivity index (χ1n) is 7.94. The molecule has 0 unspecified atom stereocenters. The summed E-state index contributed by atoms with van der Waals surface area (Å²) >= 11 is 0. The Morgan fingerprint density at radius 1 is 1.24 bits per heavy atom. The van der Waals surface area contributed by atoms with Gasteiger partial charge in [-0.25, -0.2) is 4.79 Å². The van der Waals surface area contributed by atoms with Gasteiger partial charge in [-0.15, -0.1) is 9.19 Å². The highest BCUT2D eigenvalue weighted by molar-refractivity contribution is 7.80. The zero-order valence-electron chi connectivity index (χ0n) is 13.3. The van der Waals surface area contributed by atoms with Crippen LogP contribution in [0, 0.1) is 4.91 Å². The lowest BCUT2D eigenvalue weighted by molar-refractivity contribution is -0.127. The summed E-state index contributed by atoms with van der Waals surface area (Å²) in [5.74, 6) is -0.321. The highest BCUT2D eigenvalue weighted by Gasteiger charge is 2.49. The second-order valence-electron chi connectivity index (χ2n) is 6.33. The van der Waals surface area contributed by atoms with Gasteiger partial charge in [0.2, 0.25) is 5.91 Å². The van der Waals surface area contributed by atoms with Gasteiger partial charge in [0, 0.05) is 25.7 Å². The van der Waals surface area contributed by atoms with Gasteiger partial charge in [-0.2, -0.15) is 13.5 Å². The normalized spacial score (nSPS) is 27.6. The van der Waals surface area contributed by atoms with Gasteiger partial charge in [0.05, 0.1) is 11.3 Å². The molecule has 12 nitrogen and oxygen atoms in total. The van der Waals surface area contributed by atoms with E-state index < -0.39 is 28.5 Å². The Morgan fingerprint density at radius 2 is 1.92 bits per heavy atom. The molecule has 0 aromatic rings. The molecule has 3 heterocycles. The molecule has 0 aliphatic carbocycles. The highest BCUT2D eigenvalue weighted by atomic mass is 32.3. The van der Waals surface area contributed by atoms with Gasteiger partial charge in [0.25, 0.3) is 0 Å². The van der Waals surface area contributed by atoms with Gasteiger partial charge in [-0.1, -0.05) is 0 Å². The number of urea groups is 1. The summed E-state index contributed by atoms with van der Waals surface area (Å²) in [6.07, 6.45) is 1.91. The van der Waals surface area contributed by atoms with E-state index in [1.807, 2.05) is 0 Å². The standard InChI is InChI=1S/C12H19N5O7S/c18-11(13-8-3-5-15(14-20)6-4-8)10-2-1-9-7-16(10)12(19)17(9)24-25(21,22)23/h8-10H,1-7H2,(H,13,18)(H,21,22,23)/t9-,10-/m1/s1. The molecule has 140 valence electrons. The van der Waals surface area contributed by atoms with Gasteiger partial charge in [0.15, 0.2) is 0 Å². The molecule has 3 rings (SSSR count). The molecule has 3 fully saturated rings. The summed E-state index contributed by atoms with van der Waals surface area (Å²) in [5, 5.41) is 7.73. The molecule has 0 saturated carbocycles. The Hall–Kier alpha value is -1.99. The minimum atomic E-state index is -4.81. The van der Waals surface area contributed by atoms with Crippen LogP contribution >= 0.6 is 0 Å². The van der Waals surface area contributed by atoms with Crippen molar-refractivity contribution in [1.82, 2.24) is 20.3 Å². The number of carbonyl (C=O) groups excluding carboxylic acids is 2. The third kappa shape index (κ3) is 3.82. The maximum atomic E-state index is 12.5. The number of fused-ring (bicyclic) bond motifs is 2. The van der Waals surface area contributed by atoms with Crippen molar-refractivity contribution in [2.75, 3.05) is 19.6 Å². The topological polar surface area (TPSA) is 149 Å². The molecule has 25 heavy (non-hydrogen) atoms. The van der Waals surface area contributed by atoms with Crippen LogP contribution in [0.1, 0.15) is 25.7 Å². The van der Waals surface area contributed by atoms with Crippen LogP contribution in [-0.2, 0) is 19.5 Å².